The van der Waals surface area contributed by atoms with E-state index < -0.39 is 0 Å². The van der Waals surface area contributed by atoms with Crippen molar-refractivity contribution in [1.29, 1.82) is 0 Å². The molecule has 1 atom stereocenters. The number of rotatable bonds is 3. The third kappa shape index (κ3) is 2.64. The Labute approximate surface area is 105 Å². The summed E-state index contributed by atoms with van der Waals surface area (Å²) >= 11 is 3.54. The minimum Gasteiger partial charge on any atom is -0.478 e. The lowest BCUT2D eigenvalue weighted by Crippen LogP contribution is -2.13. The molecule has 0 radical (unpaired) electrons. The highest BCUT2D eigenvalue weighted by molar-refractivity contribution is 9.10. The first-order chi connectivity index (χ1) is 7.66. The highest BCUT2D eigenvalue weighted by atomic mass is 79.9. The number of ether oxygens (including phenoxy) is 1. The summed E-state index contributed by atoms with van der Waals surface area (Å²) in [7, 11) is 0. The zero-order chi connectivity index (χ0) is 11.5. The number of hydrogen-bond acceptors (Lipinski definition) is 2. The first-order valence-corrected chi connectivity index (χ1v) is 6.39. The standard InChI is InChI=1S/C13H16BrNO/c1-9(2)12-8-16-13(15-12)7-10-5-3-4-6-11(10)14/h3-6,9,12H,7-8H2,1-2H3/t12-/m1/s1. The Morgan fingerprint density at radius 2 is 2.19 bits per heavy atom. The highest BCUT2D eigenvalue weighted by Crippen LogP contribution is 2.20. The largest absolute Gasteiger partial charge is 0.478 e. The molecule has 1 aromatic carbocycles. The summed E-state index contributed by atoms with van der Waals surface area (Å²) < 4.78 is 6.73. The summed E-state index contributed by atoms with van der Waals surface area (Å²) in [5.74, 6) is 1.42. The van der Waals surface area contributed by atoms with Gasteiger partial charge in [-0.05, 0) is 17.5 Å². The van der Waals surface area contributed by atoms with Crippen LogP contribution in [0.15, 0.2) is 33.7 Å². The van der Waals surface area contributed by atoms with Crippen molar-refractivity contribution < 1.29 is 4.74 Å². The monoisotopic (exact) mass is 281 g/mol. The molecule has 3 heteroatoms. The van der Waals surface area contributed by atoms with E-state index in [-0.39, 0.29) is 0 Å². The van der Waals surface area contributed by atoms with Gasteiger partial charge >= 0.3 is 0 Å². The number of nitrogens with zero attached hydrogens (tertiary/aromatic N) is 1. The van der Waals surface area contributed by atoms with Gasteiger partial charge in [0.1, 0.15) is 6.61 Å². The number of benzene rings is 1. The van der Waals surface area contributed by atoms with Gasteiger partial charge in [-0.25, -0.2) is 4.99 Å². The summed E-state index contributed by atoms with van der Waals surface area (Å²) in [6, 6.07) is 8.53. The van der Waals surface area contributed by atoms with Crippen LogP contribution in [0.25, 0.3) is 0 Å². The zero-order valence-corrected chi connectivity index (χ0v) is 11.2. The molecule has 2 rings (SSSR count). The molecule has 1 heterocycles. The second kappa shape index (κ2) is 5.00. The molecule has 0 aliphatic carbocycles. The molecule has 16 heavy (non-hydrogen) atoms. The summed E-state index contributed by atoms with van der Waals surface area (Å²) in [5, 5.41) is 0. The Kier molecular flexibility index (Phi) is 3.64. The molecule has 0 bridgehead atoms. The molecule has 1 aromatic rings. The Bertz CT molecular complexity index is 401. The van der Waals surface area contributed by atoms with Crippen LogP contribution in [0.2, 0.25) is 0 Å². The summed E-state index contributed by atoms with van der Waals surface area (Å²) in [6.07, 6.45) is 0.782. The molecule has 0 N–H and O–H groups in total. The van der Waals surface area contributed by atoms with Crippen molar-refractivity contribution >= 4 is 21.8 Å². The van der Waals surface area contributed by atoms with Crippen LogP contribution in [0, 0.1) is 5.92 Å². The van der Waals surface area contributed by atoms with Crippen LogP contribution in [0.3, 0.4) is 0 Å². The van der Waals surface area contributed by atoms with Crippen LogP contribution in [0.4, 0.5) is 0 Å². The lowest BCUT2D eigenvalue weighted by atomic mass is 10.1. The normalized spacial score (nSPS) is 19.8. The van der Waals surface area contributed by atoms with Gasteiger partial charge < -0.3 is 4.74 Å². The van der Waals surface area contributed by atoms with Gasteiger partial charge in [0.25, 0.3) is 0 Å². The van der Waals surface area contributed by atoms with E-state index in [1.807, 2.05) is 18.2 Å². The molecule has 0 aromatic heterocycles. The second-order valence-electron chi connectivity index (χ2n) is 4.41. The first kappa shape index (κ1) is 11.6. The van der Waals surface area contributed by atoms with Crippen molar-refractivity contribution in [3.63, 3.8) is 0 Å². The molecule has 1 aliphatic rings. The molecule has 86 valence electrons. The number of hydrogen-bond donors (Lipinski definition) is 0. The first-order valence-electron chi connectivity index (χ1n) is 5.59. The van der Waals surface area contributed by atoms with Gasteiger partial charge in [0.15, 0.2) is 5.90 Å². The molecule has 0 saturated heterocycles. The van der Waals surface area contributed by atoms with Crippen LogP contribution in [0.5, 0.6) is 0 Å². The van der Waals surface area contributed by atoms with Crippen LogP contribution in [-0.4, -0.2) is 18.5 Å². The molecular formula is C13H16BrNO. The van der Waals surface area contributed by atoms with E-state index in [1.165, 1.54) is 5.56 Å². The van der Waals surface area contributed by atoms with E-state index in [9.17, 15) is 0 Å². The lowest BCUT2D eigenvalue weighted by molar-refractivity contribution is 0.287. The molecule has 2 nitrogen and oxygen atoms in total. The third-order valence-electron chi connectivity index (χ3n) is 2.80. The molecule has 1 aliphatic heterocycles. The predicted octanol–water partition coefficient (Wildman–Crippen LogP) is 3.44. The Morgan fingerprint density at radius 1 is 1.44 bits per heavy atom. The van der Waals surface area contributed by atoms with Gasteiger partial charge in [0.05, 0.1) is 6.04 Å². The van der Waals surface area contributed by atoms with E-state index in [4.69, 9.17) is 4.74 Å². The number of aliphatic imine (C=N–C) groups is 1. The number of halogens is 1. The van der Waals surface area contributed by atoms with E-state index in [2.05, 4.69) is 40.8 Å². The average molecular weight is 282 g/mol. The van der Waals surface area contributed by atoms with Gasteiger partial charge in [-0.15, -0.1) is 0 Å². The summed E-state index contributed by atoms with van der Waals surface area (Å²) in [4.78, 5) is 4.60. The maximum atomic E-state index is 5.61. The quantitative estimate of drug-likeness (QED) is 0.832. The van der Waals surface area contributed by atoms with Crippen molar-refractivity contribution in [2.24, 2.45) is 10.9 Å². The molecule has 0 unspecified atom stereocenters. The Balaban J connectivity index is 2.07. The van der Waals surface area contributed by atoms with Crippen molar-refractivity contribution in [3.05, 3.63) is 34.3 Å². The van der Waals surface area contributed by atoms with Crippen molar-refractivity contribution in [1.82, 2.24) is 0 Å². The zero-order valence-electron chi connectivity index (χ0n) is 9.61. The highest BCUT2D eigenvalue weighted by Gasteiger charge is 2.21. The molecule has 0 fully saturated rings. The van der Waals surface area contributed by atoms with Crippen molar-refractivity contribution in [2.75, 3.05) is 6.61 Å². The van der Waals surface area contributed by atoms with Crippen LogP contribution in [0.1, 0.15) is 19.4 Å². The lowest BCUT2D eigenvalue weighted by Gasteiger charge is -2.06. The Hall–Kier alpha value is -0.830. The molecule has 0 spiro atoms. The Morgan fingerprint density at radius 3 is 2.81 bits per heavy atom. The molecule has 0 amide bonds. The third-order valence-corrected chi connectivity index (χ3v) is 3.57. The average Bonchev–Trinajstić information content (AvgIpc) is 2.70. The smallest absolute Gasteiger partial charge is 0.188 e. The van der Waals surface area contributed by atoms with Gasteiger partial charge in [0.2, 0.25) is 0 Å². The van der Waals surface area contributed by atoms with Crippen molar-refractivity contribution in [3.8, 4) is 0 Å². The predicted molar refractivity (Wildman–Crippen MR) is 69.9 cm³/mol. The van der Waals surface area contributed by atoms with Gasteiger partial charge in [0, 0.05) is 10.9 Å². The maximum absolute atomic E-state index is 5.61. The van der Waals surface area contributed by atoms with Crippen LogP contribution < -0.4 is 0 Å². The van der Waals surface area contributed by atoms with E-state index >= 15 is 0 Å². The van der Waals surface area contributed by atoms with Gasteiger partial charge in [-0.3, -0.25) is 0 Å². The van der Waals surface area contributed by atoms with E-state index in [0.717, 1.165) is 23.4 Å². The topological polar surface area (TPSA) is 21.6 Å². The SMILES string of the molecule is CC(C)[C@H]1COC(Cc2ccccc2Br)=N1. The minimum atomic E-state index is 0.331. The fraction of sp³-hybridized carbons (Fsp3) is 0.462. The maximum Gasteiger partial charge on any atom is 0.188 e. The molecular weight excluding hydrogens is 266 g/mol. The van der Waals surface area contributed by atoms with Gasteiger partial charge in [-0.2, -0.15) is 0 Å². The summed E-state index contributed by atoms with van der Waals surface area (Å²) in [6.45, 7) is 5.09. The van der Waals surface area contributed by atoms with Crippen molar-refractivity contribution in [2.45, 2.75) is 26.3 Å². The van der Waals surface area contributed by atoms with Crippen LogP contribution in [-0.2, 0) is 11.2 Å². The van der Waals surface area contributed by atoms with Gasteiger partial charge in [-0.1, -0.05) is 48.0 Å². The fourth-order valence-corrected chi connectivity index (χ4v) is 2.11. The second-order valence-corrected chi connectivity index (χ2v) is 5.27. The van der Waals surface area contributed by atoms with Crippen LogP contribution >= 0.6 is 15.9 Å². The minimum absolute atomic E-state index is 0.331. The van der Waals surface area contributed by atoms with E-state index in [1.54, 1.807) is 0 Å². The molecule has 0 saturated carbocycles. The fourth-order valence-electron chi connectivity index (χ4n) is 1.68. The van der Waals surface area contributed by atoms with E-state index in [0.29, 0.717) is 12.0 Å². The summed E-state index contributed by atoms with van der Waals surface area (Å²) in [5.41, 5.74) is 1.23.